The lowest BCUT2D eigenvalue weighted by molar-refractivity contribution is 0.535. The van der Waals surface area contributed by atoms with Gasteiger partial charge >= 0.3 is 0 Å². The van der Waals surface area contributed by atoms with Crippen LogP contribution in [-0.4, -0.2) is 13.1 Å². The summed E-state index contributed by atoms with van der Waals surface area (Å²) in [6.45, 7) is 11.5. The number of alkyl halides is 1. The molecule has 0 N–H and O–H groups in total. The van der Waals surface area contributed by atoms with Crippen LogP contribution in [0, 0.1) is 11.8 Å². The standard InChI is InChI=1S/C17H27Br2N/c1-13(2)7-9-20(10-8-14(3)4)17-6-5-15(12-18)11-16(17)19/h5-6,11,13-14H,7-10,12H2,1-4H3. The molecule has 0 amide bonds. The number of hydrogen-bond acceptors (Lipinski definition) is 1. The van der Waals surface area contributed by atoms with Crippen molar-refractivity contribution in [2.24, 2.45) is 11.8 Å². The van der Waals surface area contributed by atoms with Crippen molar-refractivity contribution >= 4 is 37.5 Å². The van der Waals surface area contributed by atoms with Gasteiger partial charge in [0.1, 0.15) is 0 Å². The van der Waals surface area contributed by atoms with Gasteiger partial charge in [-0.05, 0) is 58.3 Å². The van der Waals surface area contributed by atoms with Crippen LogP contribution in [-0.2, 0) is 5.33 Å². The molecule has 0 heterocycles. The van der Waals surface area contributed by atoms with Gasteiger partial charge in [-0.15, -0.1) is 0 Å². The highest BCUT2D eigenvalue weighted by molar-refractivity contribution is 9.10. The molecule has 0 spiro atoms. The fraction of sp³-hybridized carbons (Fsp3) is 0.647. The van der Waals surface area contributed by atoms with E-state index in [-0.39, 0.29) is 0 Å². The predicted molar refractivity (Wildman–Crippen MR) is 97.9 cm³/mol. The Kier molecular flexibility index (Phi) is 8.20. The van der Waals surface area contributed by atoms with E-state index in [9.17, 15) is 0 Å². The number of rotatable bonds is 8. The summed E-state index contributed by atoms with van der Waals surface area (Å²) in [7, 11) is 0. The lowest BCUT2D eigenvalue weighted by atomic mass is 10.1. The number of hydrogen-bond donors (Lipinski definition) is 0. The summed E-state index contributed by atoms with van der Waals surface area (Å²) in [6, 6.07) is 6.69. The van der Waals surface area contributed by atoms with Gasteiger partial charge in [-0.1, -0.05) is 49.7 Å². The molecule has 0 saturated heterocycles. The van der Waals surface area contributed by atoms with Crippen LogP contribution < -0.4 is 4.90 Å². The SMILES string of the molecule is CC(C)CCN(CCC(C)C)c1ccc(CBr)cc1Br. The Bertz CT molecular complexity index is 390. The third kappa shape index (κ3) is 6.17. The van der Waals surface area contributed by atoms with Crippen LogP contribution >= 0.6 is 31.9 Å². The van der Waals surface area contributed by atoms with Crippen molar-refractivity contribution in [3.8, 4) is 0 Å². The summed E-state index contributed by atoms with van der Waals surface area (Å²) >= 11 is 7.26. The molecule has 0 aromatic heterocycles. The lowest BCUT2D eigenvalue weighted by Gasteiger charge is -2.28. The third-order valence-electron chi connectivity index (χ3n) is 3.46. The molecule has 0 aliphatic rings. The van der Waals surface area contributed by atoms with E-state index >= 15 is 0 Å². The molecule has 3 heteroatoms. The zero-order chi connectivity index (χ0) is 15.1. The maximum Gasteiger partial charge on any atom is 0.0510 e. The lowest BCUT2D eigenvalue weighted by Crippen LogP contribution is -2.27. The fourth-order valence-electron chi connectivity index (χ4n) is 2.07. The smallest absolute Gasteiger partial charge is 0.0510 e. The van der Waals surface area contributed by atoms with Crippen molar-refractivity contribution in [2.45, 2.75) is 45.9 Å². The highest BCUT2D eigenvalue weighted by Gasteiger charge is 2.12. The molecule has 1 aromatic rings. The maximum absolute atomic E-state index is 3.74. The predicted octanol–water partition coefficient (Wildman–Crippen LogP) is 6.24. The molecule has 0 fully saturated rings. The maximum atomic E-state index is 3.74. The van der Waals surface area contributed by atoms with Gasteiger partial charge in [0.25, 0.3) is 0 Å². The molecule has 0 aliphatic heterocycles. The van der Waals surface area contributed by atoms with Gasteiger partial charge in [0.15, 0.2) is 0 Å². The summed E-state index contributed by atoms with van der Waals surface area (Å²) in [6.07, 6.45) is 2.48. The molecular weight excluding hydrogens is 378 g/mol. The number of anilines is 1. The summed E-state index contributed by atoms with van der Waals surface area (Å²) in [5.74, 6) is 1.49. The quantitative estimate of drug-likeness (QED) is 0.463. The van der Waals surface area contributed by atoms with E-state index in [2.05, 4.69) is 82.7 Å². The zero-order valence-corrected chi connectivity index (χ0v) is 16.3. The summed E-state index contributed by atoms with van der Waals surface area (Å²) in [5, 5.41) is 0.907. The average molecular weight is 405 g/mol. The van der Waals surface area contributed by atoms with Crippen molar-refractivity contribution < 1.29 is 0 Å². The van der Waals surface area contributed by atoms with Crippen molar-refractivity contribution in [1.29, 1.82) is 0 Å². The zero-order valence-electron chi connectivity index (χ0n) is 13.1. The molecule has 1 aromatic carbocycles. The van der Waals surface area contributed by atoms with Crippen LogP contribution in [0.15, 0.2) is 22.7 Å². The molecule has 0 radical (unpaired) electrons. The first-order valence-corrected chi connectivity index (χ1v) is 9.44. The van der Waals surface area contributed by atoms with Crippen molar-refractivity contribution in [1.82, 2.24) is 0 Å². The monoisotopic (exact) mass is 403 g/mol. The van der Waals surface area contributed by atoms with E-state index < -0.39 is 0 Å². The number of halogens is 2. The summed E-state index contributed by atoms with van der Waals surface area (Å²) < 4.78 is 1.21. The number of nitrogens with zero attached hydrogens (tertiary/aromatic N) is 1. The summed E-state index contributed by atoms with van der Waals surface area (Å²) in [4.78, 5) is 2.53. The molecule has 20 heavy (non-hydrogen) atoms. The molecule has 114 valence electrons. The Morgan fingerprint density at radius 2 is 1.55 bits per heavy atom. The van der Waals surface area contributed by atoms with Crippen LogP contribution in [0.4, 0.5) is 5.69 Å². The van der Waals surface area contributed by atoms with Gasteiger partial charge in [0, 0.05) is 22.9 Å². The molecule has 0 bridgehead atoms. The second-order valence-corrected chi connectivity index (χ2v) is 7.69. The molecular formula is C17H27Br2N. The molecule has 0 atom stereocenters. The second kappa shape index (κ2) is 9.09. The third-order valence-corrected chi connectivity index (χ3v) is 4.74. The topological polar surface area (TPSA) is 3.24 Å². The highest BCUT2D eigenvalue weighted by atomic mass is 79.9. The van der Waals surface area contributed by atoms with Gasteiger partial charge in [-0.25, -0.2) is 0 Å². The minimum absolute atomic E-state index is 0.747. The van der Waals surface area contributed by atoms with Crippen LogP contribution in [0.5, 0.6) is 0 Å². The van der Waals surface area contributed by atoms with Gasteiger partial charge < -0.3 is 4.90 Å². The number of benzene rings is 1. The summed E-state index contributed by atoms with van der Waals surface area (Å²) in [5.41, 5.74) is 2.64. The Morgan fingerprint density at radius 1 is 1.00 bits per heavy atom. The van der Waals surface area contributed by atoms with Gasteiger partial charge in [0.05, 0.1) is 5.69 Å². The Hall–Kier alpha value is -0.0200. The van der Waals surface area contributed by atoms with E-state index in [0.717, 1.165) is 30.3 Å². The van der Waals surface area contributed by atoms with E-state index in [4.69, 9.17) is 0 Å². The molecule has 1 nitrogen and oxygen atoms in total. The van der Waals surface area contributed by atoms with Crippen LogP contribution in [0.25, 0.3) is 0 Å². The van der Waals surface area contributed by atoms with Gasteiger partial charge in [0.2, 0.25) is 0 Å². The first-order valence-electron chi connectivity index (χ1n) is 7.53. The van der Waals surface area contributed by atoms with Crippen LogP contribution in [0.1, 0.15) is 46.1 Å². The van der Waals surface area contributed by atoms with Crippen molar-refractivity contribution in [2.75, 3.05) is 18.0 Å². The second-order valence-electron chi connectivity index (χ2n) is 6.27. The first kappa shape index (κ1) is 18.0. The molecule has 0 aliphatic carbocycles. The van der Waals surface area contributed by atoms with E-state index in [0.29, 0.717) is 0 Å². The van der Waals surface area contributed by atoms with Gasteiger partial charge in [-0.3, -0.25) is 0 Å². The minimum Gasteiger partial charge on any atom is -0.371 e. The molecule has 0 unspecified atom stereocenters. The van der Waals surface area contributed by atoms with E-state index in [1.165, 1.54) is 28.6 Å². The first-order chi connectivity index (χ1) is 9.43. The van der Waals surface area contributed by atoms with E-state index in [1.807, 2.05) is 0 Å². The van der Waals surface area contributed by atoms with E-state index in [1.54, 1.807) is 0 Å². The Morgan fingerprint density at radius 3 is 1.95 bits per heavy atom. The van der Waals surface area contributed by atoms with Crippen LogP contribution in [0.2, 0.25) is 0 Å². The van der Waals surface area contributed by atoms with Gasteiger partial charge in [-0.2, -0.15) is 0 Å². The largest absolute Gasteiger partial charge is 0.371 e. The van der Waals surface area contributed by atoms with Crippen molar-refractivity contribution in [3.05, 3.63) is 28.2 Å². The Labute approximate surface area is 141 Å². The highest BCUT2D eigenvalue weighted by Crippen LogP contribution is 2.29. The normalized spacial score (nSPS) is 11.4. The minimum atomic E-state index is 0.747. The van der Waals surface area contributed by atoms with Crippen LogP contribution in [0.3, 0.4) is 0 Å². The average Bonchev–Trinajstić information content (AvgIpc) is 2.39. The molecule has 1 rings (SSSR count). The fourth-order valence-corrected chi connectivity index (χ4v) is 3.10. The van der Waals surface area contributed by atoms with Crippen molar-refractivity contribution in [3.63, 3.8) is 0 Å². The Balaban J connectivity index is 2.84. The molecule has 0 saturated carbocycles.